The SMILES string of the molecule is CSCCNc1nc2cc([N+](=O)[O-])ccc2o1. The van der Waals surface area contributed by atoms with Gasteiger partial charge in [-0.05, 0) is 12.3 Å². The smallest absolute Gasteiger partial charge is 0.295 e. The van der Waals surface area contributed by atoms with E-state index in [0.717, 1.165) is 12.3 Å². The van der Waals surface area contributed by atoms with Gasteiger partial charge < -0.3 is 9.73 Å². The van der Waals surface area contributed by atoms with Gasteiger partial charge >= 0.3 is 0 Å². The number of nitrogens with zero attached hydrogens (tertiary/aromatic N) is 2. The lowest BCUT2D eigenvalue weighted by Crippen LogP contribution is -2.03. The van der Waals surface area contributed by atoms with Gasteiger partial charge in [0.1, 0.15) is 5.52 Å². The third-order valence-corrected chi connectivity index (χ3v) is 2.78. The van der Waals surface area contributed by atoms with Gasteiger partial charge in [-0.1, -0.05) is 0 Å². The fourth-order valence-corrected chi connectivity index (χ4v) is 1.67. The summed E-state index contributed by atoms with van der Waals surface area (Å²) in [5.41, 5.74) is 1.05. The first kappa shape index (κ1) is 11.7. The van der Waals surface area contributed by atoms with Crippen molar-refractivity contribution in [2.45, 2.75) is 0 Å². The Labute approximate surface area is 102 Å². The number of non-ortho nitro benzene ring substituents is 1. The van der Waals surface area contributed by atoms with Gasteiger partial charge in [-0.3, -0.25) is 10.1 Å². The summed E-state index contributed by atoms with van der Waals surface area (Å²) in [5, 5.41) is 13.6. The van der Waals surface area contributed by atoms with Crippen molar-refractivity contribution in [2.75, 3.05) is 23.9 Å². The van der Waals surface area contributed by atoms with E-state index >= 15 is 0 Å². The second kappa shape index (κ2) is 5.05. The Morgan fingerprint density at radius 1 is 1.59 bits per heavy atom. The minimum atomic E-state index is -0.449. The summed E-state index contributed by atoms with van der Waals surface area (Å²) >= 11 is 1.71. The Balaban J connectivity index is 2.21. The molecule has 90 valence electrons. The minimum absolute atomic E-state index is 0.0152. The highest BCUT2D eigenvalue weighted by atomic mass is 32.2. The van der Waals surface area contributed by atoms with E-state index in [1.165, 1.54) is 12.1 Å². The van der Waals surface area contributed by atoms with Gasteiger partial charge in [-0.15, -0.1) is 0 Å². The van der Waals surface area contributed by atoms with Gasteiger partial charge in [0, 0.05) is 24.4 Å². The van der Waals surface area contributed by atoms with Crippen molar-refractivity contribution in [2.24, 2.45) is 0 Å². The largest absolute Gasteiger partial charge is 0.424 e. The van der Waals surface area contributed by atoms with Crippen molar-refractivity contribution in [1.29, 1.82) is 0 Å². The molecule has 7 heteroatoms. The molecular weight excluding hydrogens is 242 g/mol. The van der Waals surface area contributed by atoms with Crippen LogP contribution in [0.4, 0.5) is 11.7 Å². The van der Waals surface area contributed by atoms with Gasteiger partial charge in [0.25, 0.3) is 11.7 Å². The van der Waals surface area contributed by atoms with Gasteiger partial charge in [0.2, 0.25) is 0 Å². The maximum absolute atomic E-state index is 10.6. The number of fused-ring (bicyclic) bond motifs is 1. The maximum atomic E-state index is 10.6. The standard InChI is InChI=1S/C10H11N3O3S/c1-17-5-4-11-10-12-8-6-7(13(14)15)2-3-9(8)16-10/h2-3,6H,4-5H2,1H3,(H,11,12). The lowest BCUT2D eigenvalue weighted by atomic mass is 10.3. The van der Waals surface area contributed by atoms with E-state index in [9.17, 15) is 10.1 Å². The van der Waals surface area contributed by atoms with Gasteiger partial charge in [0.05, 0.1) is 4.92 Å². The first-order valence-electron chi connectivity index (χ1n) is 4.98. The number of nitro groups is 1. The number of nitrogens with one attached hydrogen (secondary N) is 1. The third kappa shape index (κ3) is 2.68. The van der Waals surface area contributed by atoms with Crippen LogP contribution in [0.15, 0.2) is 22.6 Å². The van der Waals surface area contributed by atoms with E-state index in [2.05, 4.69) is 10.3 Å². The summed E-state index contributed by atoms with van der Waals surface area (Å²) < 4.78 is 5.40. The summed E-state index contributed by atoms with van der Waals surface area (Å²) in [6, 6.07) is 4.76. The second-order valence-corrected chi connectivity index (χ2v) is 4.33. The van der Waals surface area contributed by atoms with Crippen LogP contribution in [-0.4, -0.2) is 28.5 Å². The average Bonchev–Trinajstić information content (AvgIpc) is 2.70. The molecule has 2 aromatic rings. The van der Waals surface area contributed by atoms with Crippen LogP contribution in [0.3, 0.4) is 0 Å². The van der Waals surface area contributed by atoms with E-state index in [4.69, 9.17) is 4.42 Å². The summed E-state index contributed by atoms with van der Waals surface area (Å²) in [4.78, 5) is 14.3. The predicted molar refractivity (Wildman–Crippen MR) is 67.5 cm³/mol. The number of hydrogen-bond acceptors (Lipinski definition) is 6. The van der Waals surface area contributed by atoms with Crippen LogP contribution in [0.2, 0.25) is 0 Å². The summed E-state index contributed by atoms with van der Waals surface area (Å²) in [7, 11) is 0. The van der Waals surface area contributed by atoms with Crippen molar-refractivity contribution in [3.8, 4) is 0 Å². The molecule has 0 atom stereocenters. The van der Waals surface area contributed by atoms with E-state index in [1.807, 2.05) is 6.26 Å². The summed E-state index contributed by atoms with van der Waals surface area (Å²) in [5.74, 6) is 0.943. The van der Waals surface area contributed by atoms with E-state index < -0.39 is 4.92 Å². The van der Waals surface area contributed by atoms with Crippen LogP contribution >= 0.6 is 11.8 Å². The third-order valence-electron chi connectivity index (χ3n) is 2.16. The van der Waals surface area contributed by atoms with Gasteiger partial charge in [0.15, 0.2) is 5.58 Å². The normalized spacial score (nSPS) is 10.6. The zero-order chi connectivity index (χ0) is 12.3. The van der Waals surface area contributed by atoms with Gasteiger partial charge in [-0.2, -0.15) is 16.7 Å². The maximum Gasteiger partial charge on any atom is 0.295 e. The zero-order valence-corrected chi connectivity index (χ0v) is 9.99. The average molecular weight is 253 g/mol. The minimum Gasteiger partial charge on any atom is -0.424 e. The zero-order valence-electron chi connectivity index (χ0n) is 9.17. The highest BCUT2D eigenvalue weighted by molar-refractivity contribution is 7.98. The molecule has 0 saturated heterocycles. The first-order valence-corrected chi connectivity index (χ1v) is 6.38. The highest BCUT2D eigenvalue weighted by Gasteiger charge is 2.10. The quantitative estimate of drug-likeness (QED) is 0.501. The molecule has 0 aliphatic carbocycles. The number of benzene rings is 1. The molecule has 0 fully saturated rings. The predicted octanol–water partition coefficient (Wildman–Crippen LogP) is 2.51. The Morgan fingerprint density at radius 3 is 3.12 bits per heavy atom. The van der Waals surface area contributed by atoms with E-state index in [0.29, 0.717) is 17.1 Å². The molecule has 0 aliphatic heterocycles. The van der Waals surface area contributed by atoms with Crippen LogP contribution in [0, 0.1) is 10.1 Å². The molecule has 2 rings (SSSR count). The van der Waals surface area contributed by atoms with Crippen molar-refractivity contribution in [3.05, 3.63) is 28.3 Å². The van der Waals surface area contributed by atoms with Crippen LogP contribution < -0.4 is 5.32 Å². The topological polar surface area (TPSA) is 81.2 Å². The molecule has 6 nitrogen and oxygen atoms in total. The van der Waals surface area contributed by atoms with Crippen LogP contribution in [0.1, 0.15) is 0 Å². The van der Waals surface area contributed by atoms with Crippen molar-refractivity contribution >= 4 is 34.6 Å². The highest BCUT2D eigenvalue weighted by Crippen LogP contribution is 2.23. The van der Waals surface area contributed by atoms with E-state index in [1.54, 1.807) is 17.8 Å². The number of hydrogen-bond donors (Lipinski definition) is 1. The fraction of sp³-hybridized carbons (Fsp3) is 0.300. The fourth-order valence-electron chi connectivity index (χ4n) is 1.37. The first-order chi connectivity index (χ1) is 8.20. The molecule has 17 heavy (non-hydrogen) atoms. The molecular formula is C10H11N3O3S. The molecule has 0 saturated carbocycles. The molecule has 0 radical (unpaired) electrons. The number of thioether (sulfide) groups is 1. The van der Waals surface area contributed by atoms with Crippen molar-refractivity contribution in [3.63, 3.8) is 0 Å². The Morgan fingerprint density at radius 2 is 2.41 bits per heavy atom. The van der Waals surface area contributed by atoms with Crippen LogP contribution in [0.5, 0.6) is 0 Å². The molecule has 1 aromatic heterocycles. The Hall–Kier alpha value is -1.76. The van der Waals surface area contributed by atoms with Gasteiger partial charge in [-0.25, -0.2) is 0 Å². The molecule has 0 spiro atoms. The van der Waals surface area contributed by atoms with Crippen LogP contribution in [0.25, 0.3) is 11.1 Å². The lowest BCUT2D eigenvalue weighted by Gasteiger charge is -1.97. The van der Waals surface area contributed by atoms with Crippen molar-refractivity contribution < 1.29 is 9.34 Å². The van der Waals surface area contributed by atoms with E-state index in [-0.39, 0.29) is 5.69 Å². The molecule has 1 heterocycles. The van der Waals surface area contributed by atoms with Crippen LogP contribution in [-0.2, 0) is 0 Å². The molecule has 0 amide bonds. The number of nitro benzene ring substituents is 1. The molecule has 0 aliphatic rings. The number of anilines is 1. The monoisotopic (exact) mass is 253 g/mol. The Bertz CT molecular complexity index is 541. The number of oxazole rings is 1. The number of rotatable bonds is 5. The summed E-state index contributed by atoms with van der Waals surface area (Å²) in [6.07, 6.45) is 2.01. The lowest BCUT2D eigenvalue weighted by molar-refractivity contribution is -0.384. The molecule has 1 aromatic carbocycles. The molecule has 0 bridgehead atoms. The molecule has 1 N–H and O–H groups in total. The second-order valence-electron chi connectivity index (χ2n) is 3.35. The number of aromatic nitrogens is 1. The molecule has 0 unspecified atom stereocenters. The Kier molecular flexibility index (Phi) is 3.48. The summed E-state index contributed by atoms with van der Waals surface area (Å²) in [6.45, 7) is 0.746. The van der Waals surface area contributed by atoms with Crippen molar-refractivity contribution in [1.82, 2.24) is 4.98 Å².